The number of hydrogen-bond donors (Lipinski definition) is 2. The van der Waals surface area contributed by atoms with Gasteiger partial charge in [-0.3, -0.25) is 4.79 Å². The van der Waals surface area contributed by atoms with Gasteiger partial charge in [0.1, 0.15) is 5.82 Å². The van der Waals surface area contributed by atoms with Crippen LogP contribution in [0.5, 0.6) is 0 Å². The van der Waals surface area contributed by atoms with Gasteiger partial charge in [0, 0.05) is 30.5 Å². The van der Waals surface area contributed by atoms with Crippen LogP contribution < -0.4 is 16.0 Å². The Morgan fingerprint density at radius 3 is 2.43 bits per heavy atom. The maximum atomic E-state index is 12.5. The molecular formula is C23H31N5O2. The Bertz CT molecular complexity index is 895. The summed E-state index contributed by atoms with van der Waals surface area (Å²) in [6.45, 7) is 9.68. The summed E-state index contributed by atoms with van der Waals surface area (Å²) >= 11 is 0. The van der Waals surface area contributed by atoms with Crippen molar-refractivity contribution in [2.45, 2.75) is 53.1 Å². The van der Waals surface area contributed by atoms with Crippen LogP contribution >= 0.6 is 0 Å². The second-order valence-corrected chi connectivity index (χ2v) is 7.94. The van der Waals surface area contributed by atoms with Gasteiger partial charge in [0.15, 0.2) is 5.84 Å². The number of piperidine rings is 1. The molecule has 1 aliphatic rings. The molecule has 30 heavy (non-hydrogen) atoms. The van der Waals surface area contributed by atoms with Crippen molar-refractivity contribution in [2.24, 2.45) is 10.9 Å². The normalized spacial score (nSPS) is 15.6. The minimum atomic E-state index is -0.788. The zero-order valence-electron chi connectivity index (χ0n) is 18.2. The first kappa shape index (κ1) is 21.6. The molecule has 0 spiro atoms. The summed E-state index contributed by atoms with van der Waals surface area (Å²) in [4.78, 5) is 24.6. The quantitative estimate of drug-likeness (QED) is 0.431. The highest BCUT2D eigenvalue weighted by Crippen LogP contribution is 2.22. The SMILES string of the molecule is Cc1cc(C)c(NC(=O)C(C)ON=C(N)c2ccc(N3CCCCC3)nc2)c(C)c1. The van der Waals surface area contributed by atoms with Crippen molar-refractivity contribution in [1.29, 1.82) is 0 Å². The van der Waals surface area contributed by atoms with Gasteiger partial charge in [-0.2, -0.15) is 0 Å². The van der Waals surface area contributed by atoms with Gasteiger partial charge < -0.3 is 20.8 Å². The standard InChI is InChI=1S/C23H31N5O2/c1-15-12-16(2)21(17(3)13-15)26-23(29)18(4)30-27-22(24)19-8-9-20(25-14-19)28-10-6-5-7-11-28/h8-9,12-14,18H,5-7,10-11H2,1-4H3,(H2,24,27)(H,26,29). The Morgan fingerprint density at radius 1 is 1.17 bits per heavy atom. The Morgan fingerprint density at radius 2 is 1.83 bits per heavy atom. The van der Waals surface area contributed by atoms with E-state index in [0.29, 0.717) is 5.56 Å². The van der Waals surface area contributed by atoms with Crippen LogP contribution in [0, 0.1) is 20.8 Å². The third-order valence-corrected chi connectivity index (χ3v) is 5.33. The number of nitrogens with one attached hydrogen (secondary N) is 1. The molecule has 2 heterocycles. The van der Waals surface area contributed by atoms with Crippen LogP contribution in [0.1, 0.15) is 48.4 Å². The van der Waals surface area contributed by atoms with Crippen LogP contribution in [-0.2, 0) is 9.63 Å². The Kier molecular flexibility index (Phi) is 6.92. The molecular weight excluding hydrogens is 378 g/mol. The first-order chi connectivity index (χ1) is 14.3. The van der Waals surface area contributed by atoms with Crippen LogP contribution in [0.4, 0.5) is 11.5 Å². The number of carbonyl (C=O) groups is 1. The molecule has 7 nitrogen and oxygen atoms in total. The number of hydrogen-bond acceptors (Lipinski definition) is 5. The minimum absolute atomic E-state index is 0.190. The molecule has 3 rings (SSSR count). The molecule has 7 heteroatoms. The molecule has 3 N–H and O–H groups in total. The molecule has 1 aromatic carbocycles. The third kappa shape index (κ3) is 5.28. The minimum Gasteiger partial charge on any atom is -0.381 e. The molecule has 0 bridgehead atoms. The molecule has 0 aliphatic carbocycles. The lowest BCUT2D eigenvalue weighted by molar-refractivity contribution is -0.126. The van der Waals surface area contributed by atoms with Gasteiger partial charge in [0.2, 0.25) is 6.10 Å². The molecule has 1 fully saturated rings. The number of benzene rings is 1. The van der Waals surface area contributed by atoms with E-state index < -0.39 is 6.10 Å². The lowest BCUT2D eigenvalue weighted by atomic mass is 10.0. The summed E-state index contributed by atoms with van der Waals surface area (Å²) < 4.78 is 0. The van der Waals surface area contributed by atoms with Gasteiger partial charge in [-0.1, -0.05) is 22.9 Å². The number of pyridine rings is 1. The van der Waals surface area contributed by atoms with Gasteiger partial charge in [0.05, 0.1) is 0 Å². The first-order valence-electron chi connectivity index (χ1n) is 10.4. The van der Waals surface area contributed by atoms with Crippen LogP contribution in [0.2, 0.25) is 0 Å². The smallest absolute Gasteiger partial charge is 0.268 e. The summed E-state index contributed by atoms with van der Waals surface area (Å²) in [6, 6.07) is 7.89. The monoisotopic (exact) mass is 409 g/mol. The number of nitrogens with zero attached hydrogens (tertiary/aromatic N) is 3. The molecule has 1 amide bonds. The second-order valence-electron chi connectivity index (χ2n) is 7.94. The lowest BCUT2D eigenvalue weighted by Gasteiger charge is -2.27. The lowest BCUT2D eigenvalue weighted by Crippen LogP contribution is -2.30. The van der Waals surface area contributed by atoms with Crippen molar-refractivity contribution >= 4 is 23.2 Å². The Labute approximate surface area is 178 Å². The van der Waals surface area contributed by atoms with E-state index in [9.17, 15) is 4.79 Å². The van der Waals surface area contributed by atoms with Gasteiger partial charge >= 0.3 is 0 Å². The molecule has 0 radical (unpaired) electrons. The Hall–Kier alpha value is -3.09. The van der Waals surface area contributed by atoms with Crippen molar-refractivity contribution < 1.29 is 9.63 Å². The number of carbonyl (C=O) groups excluding carboxylic acids is 1. The molecule has 1 aliphatic heterocycles. The summed E-state index contributed by atoms with van der Waals surface area (Å²) in [5.41, 5.74) is 10.7. The summed E-state index contributed by atoms with van der Waals surface area (Å²) in [6.07, 6.45) is 4.57. The van der Waals surface area contributed by atoms with Gasteiger partial charge in [-0.25, -0.2) is 4.98 Å². The molecule has 1 atom stereocenters. The summed E-state index contributed by atoms with van der Waals surface area (Å²) in [5.74, 6) is 0.860. The van der Waals surface area contributed by atoms with E-state index in [0.717, 1.165) is 41.3 Å². The zero-order chi connectivity index (χ0) is 21.7. The summed E-state index contributed by atoms with van der Waals surface area (Å²) in [7, 11) is 0. The first-order valence-corrected chi connectivity index (χ1v) is 10.4. The van der Waals surface area contributed by atoms with Crippen molar-refractivity contribution in [3.05, 3.63) is 52.7 Å². The molecule has 2 aromatic rings. The van der Waals surface area contributed by atoms with E-state index in [1.165, 1.54) is 19.3 Å². The fourth-order valence-electron chi connectivity index (χ4n) is 3.69. The highest BCUT2D eigenvalue weighted by Gasteiger charge is 2.17. The van der Waals surface area contributed by atoms with Crippen molar-refractivity contribution in [3.63, 3.8) is 0 Å². The highest BCUT2D eigenvalue weighted by atomic mass is 16.6. The maximum Gasteiger partial charge on any atom is 0.268 e. The van der Waals surface area contributed by atoms with Gasteiger partial charge in [-0.15, -0.1) is 0 Å². The molecule has 1 aromatic heterocycles. The maximum absolute atomic E-state index is 12.5. The zero-order valence-corrected chi connectivity index (χ0v) is 18.2. The number of amides is 1. The average Bonchev–Trinajstić information content (AvgIpc) is 2.74. The van der Waals surface area contributed by atoms with Crippen molar-refractivity contribution in [2.75, 3.05) is 23.3 Å². The van der Waals surface area contributed by atoms with Crippen molar-refractivity contribution in [1.82, 2.24) is 4.98 Å². The van der Waals surface area contributed by atoms with Gasteiger partial charge in [-0.05, 0) is 70.2 Å². The van der Waals surface area contributed by atoms with Crippen LogP contribution in [0.15, 0.2) is 35.6 Å². The largest absolute Gasteiger partial charge is 0.381 e. The third-order valence-electron chi connectivity index (χ3n) is 5.33. The van der Waals surface area contributed by atoms with E-state index in [2.05, 4.69) is 20.4 Å². The van der Waals surface area contributed by atoms with E-state index in [1.54, 1.807) is 13.1 Å². The second kappa shape index (κ2) is 9.61. The number of aryl methyl sites for hydroxylation is 3. The number of anilines is 2. The van der Waals surface area contributed by atoms with E-state index in [4.69, 9.17) is 10.6 Å². The number of rotatable bonds is 6. The van der Waals surface area contributed by atoms with Crippen LogP contribution in [0.3, 0.4) is 0 Å². The number of aromatic nitrogens is 1. The molecule has 0 saturated carbocycles. The number of oxime groups is 1. The summed E-state index contributed by atoms with van der Waals surface area (Å²) in [5, 5.41) is 6.86. The topological polar surface area (TPSA) is 92.8 Å². The Balaban J connectivity index is 1.59. The molecule has 1 unspecified atom stereocenters. The molecule has 160 valence electrons. The van der Waals surface area contributed by atoms with Gasteiger partial charge in [0.25, 0.3) is 5.91 Å². The van der Waals surface area contributed by atoms with E-state index in [1.807, 2.05) is 45.0 Å². The van der Waals surface area contributed by atoms with E-state index in [-0.39, 0.29) is 11.7 Å². The predicted molar refractivity (Wildman–Crippen MR) is 121 cm³/mol. The van der Waals surface area contributed by atoms with Crippen molar-refractivity contribution in [3.8, 4) is 0 Å². The highest BCUT2D eigenvalue weighted by molar-refractivity contribution is 5.97. The van der Waals surface area contributed by atoms with Crippen LogP contribution in [-0.4, -0.2) is 35.9 Å². The van der Waals surface area contributed by atoms with E-state index >= 15 is 0 Å². The number of nitrogens with two attached hydrogens (primary N) is 1. The predicted octanol–water partition coefficient (Wildman–Crippen LogP) is 3.66. The fraction of sp³-hybridized carbons (Fsp3) is 0.435. The number of amidine groups is 1. The van der Waals surface area contributed by atoms with Crippen LogP contribution in [0.25, 0.3) is 0 Å². The molecule has 1 saturated heterocycles. The fourth-order valence-corrected chi connectivity index (χ4v) is 3.69. The average molecular weight is 410 g/mol.